The third-order valence-electron chi connectivity index (χ3n) is 3.07. The number of nitro benzene ring substituents is 1. The number of hydrogen-bond donors (Lipinski definition) is 2. The van der Waals surface area contributed by atoms with Crippen molar-refractivity contribution in [2.75, 3.05) is 6.61 Å². The summed E-state index contributed by atoms with van der Waals surface area (Å²) in [4.78, 5) is 33.5. The molecule has 0 heterocycles. The summed E-state index contributed by atoms with van der Waals surface area (Å²) in [6, 6.07) is 11.4. The van der Waals surface area contributed by atoms with Crippen molar-refractivity contribution in [1.82, 2.24) is 10.9 Å². The van der Waals surface area contributed by atoms with E-state index in [0.717, 1.165) is 6.08 Å². The number of nitrogens with zero attached hydrogens (tertiary/aromatic N) is 1. The fourth-order valence-electron chi connectivity index (χ4n) is 1.87. The third-order valence-corrected chi connectivity index (χ3v) is 3.07. The Morgan fingerprint density at radius 1 is 1.12 bits per heavy atom. The molecule has 0 fully saturated rings. The first-order valence-electron chi connectivity index (χ1n) is 7.35. The van der Waals surface area contributed by atoms with Crippen LogP contribution in [0.25, 0.3) is 6.08 Å². The van der Waals surface area contributed by atoms with Gasteiger partial charge in [0.05, 0.1) is 10.5 Å². The predicted octanol–water partition coefficient (Wildman–Crippen LogP) is 1.97. The SMILES string of the molecule is O=C(/C=C/c1ccccc1[N+](=O)[O-])NNC(=O)COc1ccccc1F. The number of hydrogen-bond acceptors (Lipinski definition) is 5. The van der Waals surface area contributed by atoms with E-state index in [9.17, 15) is 24.1 Å². The van der Waals surface area contributed by atoms with Gasteiger partial charge in [0.2, 0.25) is 0 Å². The normalized spacial score (nSPS) is 10.3. The second kappa shape index (κ2) is 8.92. The summed E-state index contributed by atoms with van der Waals surface area (Å²) >= 11 is 0. The molecule has 2 rings (SSSR count). The van der Waals surface area contributed by atoms with Gasteiger partial charge in [-0.2, -0.15) is 0 Å². The zero-order valence-electron chi connectivity index (χ0n) is 13.3. The van der Waals surface area contributed by atoms with E-state index in [-0.39, 0.29) is 17.0 Å². The Bertz CT molecular complexity index is 854. The Labute approximate surface area is 147 Å². The van der Waals surface area contributed by atoms with Crippen LogP contribution in [0.1, 0.15) is 5.56 Å². The quantitative estimate of drug-likeness (QED) is 0.465. The minimum absolute atomic E-state index is 0.0924. The summed E-state index contributed by atoms with van der Waals surface area (Å²) < 4.78 is 18.3. The average molecular weight is 359 g/mol. The van der Waals surface area contributed by atoms with Crippen molar-refractivity contribution in [3.8, 4) is 5.75 Å². The van der Waals surface area contributed by atoms with Crippen LogP contribution in [-0.2, 0) is 9.59 Å². The molecule has 0 spiro atoms. The van der Waals surface area contributed by atoms with Crippen molar-refractivity contribution < 1.29 is 23.6 Å². The molecular weight excluding hydrogens is 345 g/mol. The fraction of sp³-hybridized carbons (Fsp3) is 0.0588. The van der Waals surface area contributed by atoms with Gasteiger partial charge in [0.25, 0.3) is 17.5 Å². The number of halogens is 1. The van der Waals surface area contributed by atoms with Crippen LogP contribution in [0.5, 0.6) is 5.75 Å². The summed E-state index contributed by atoms with van der Waals surface area (Å²) in [5, 5.41) is 10.9. The highest BCUT2D eigenvalue weighted by atomic mass is 19.1. The smallest absolute Gasteiger partial charge is 0.276 e. The van der Waals surface area contributed by atoms with Crippen LogP contribution >= 0.6 is 0 Å². The maximum Gasteiger partial charge on any atom is 0.276 e. The van der Waals surface area contributed by atoms with E-state index in [2.05, 4.69) is 10.9 Å². The van der Waals surface area contributed by atoms with E-state index < -0.39 is 29.2 Å². The van der Waals surface area contributed by atoms with E-state index in [1.165, 1.54) is 42.5 Å². The number of para-hydroxylation sites is 2. The van der Waals surface area contributed by atoms with Crippen molar-refractivity contribution >= 4 is 23.6 Å². The highest BCUT2D eigenvalue weighted by Crippen LogP contribution is 2.18. The molecule has 9 heteroatoms. The Morgan fingerprint density at radius 2 is 1.81 bits per heavy atom. The number of amides is 2. The molecule has 0 aliphatic carbocycles. The van der Waals surface area contributed by atoms with Gasteiger partial charge in [0, 0.05) is 12.1 Å². The van der Waals surface area contributed by atoms with E-state index in [1.807, 2.05) is 0 Å². The Morgan fingerprint density at radius 3 is 2.54 bits per heavy atom. The molecule has 2 aromatic carbocycles. The van der Waals surface area contributed by atoms with Crippen molar-refractivity contribution in [2.24, 2.45) is 0 Å². The number of nitrogens with one attached hydrogen (secondary N) is 2. The molecule has 134 valence electrons. The van der Waals surface area contributed by atoms with Crippen LogP contribution in [-0.4, -0.2) is 23.3 Å². The van der Waals surface area contributed by atoms with Crippen LogP contribution in [0.4, 0.5) is 10.1 Å². The number of hydrazine groups is 1. The van der Waals surface area contributed by atoms with Gasteiger partial charge in [-0.3, -0.25) is 30.6 Å². The first-order valence-corrected chi connectivity index (χ1v) is 7.35. The molecule has 0 saturated heterocycles. The number of ether oxygens (including phenoxy) is 1. The van der Waals surface area contributed by atoms with Gasteiger partial charge in [0.15, 0.2) is 18.2 Å². The summed E-state index contributed by atoms with van der Waals surface area (Å²) in [6.07, 6.45) is 2.27. The molecule has 0 aromatic heterocycles. The first-order chi connectivity index (χ1) is 12.5. The minimum atomic E-state index is -0.708. The molecule has 8 nitrogen and oxygen atoms in total. The summed E-state index contributed by atoms with van der Waals surface area (Å²) in [7, 11) is 0. The fourth-order valence-corrected chi connectivity index (χ4v) is 1.87. The van der Waals surface area contributed by atoms with Gasteiger partial charge in [0.1, 0.15) is 0 Å². The van der Waals surface area contributed by atoms with E-state index in [1.54, 1.807) is 12.1 Å². The minimum Gasteiger partial charge on any atom is -0.481 e. The number of nitro groups is 1. The zero-order valence-corrected chi connectivity index (χ0v) is 13.3. The molecule has 0 radical (unpaired) electrons. The van der Waals surface area contributed by atoms with E-state index in [0.29, 0.717) is 0 Å². The second-order valence-electron chi connectivity index (χ2n) is 4.91. The molecular formula is C17H14FN3O5. The van der Waals surface area contributed by atoms with Crippen LogP contribution in [0.2, 0.25) is 0 Å². The van der Waals surface area contributed by atoms with Gasteiger partial charge in [-0.25, -0.2) is 4.39 Å². The Kier molecular flexibility index (Phi) is 6.38. The van der Waals surface area contributed by atoms with E-state index in [4.69, 9.17) is 4.74 Å². The lowest BCUT2D eigenvalue weighted by atomic mass is 10.1. The molecule has 2 aromatic rings. The average Bonchev–Trinajstić information content (AvgIpc) is 2.64. The Hall–Kier alpha value is -3.75. The summed E-state index contributed by atoms with van der Waals surface area (Å²) in [5.74, 6) is -2.12. The number of carbonyl (C=O) groups is 2. The summed E-state index contributed by atoms with van der Waals surface area (Å²) in [6.45, 7) is -0.505. The number of rotatable bonds is 6. The van der Waals surface area contributed by atoms with Gasteiger partial charge in [-0.15, -0.1) is 0 Å². The third kappa shape index (κ3) is 5.41. The van der Waals surface area contributed by atoms with E-state index >= 15 is 0 Å². The molecule has 26 heavy (non-hydrogen) atoms. The monoisotopic (exact) mass is 359 g/mol. The molecule has 0 unspecified atom stereocenters. The maximum absolute atomic E-state index is 13.3. The van der Waals surface area contributed by atoms with Gasteiger partial charge < -0.3 is 4.74 Å². The largest absolute Gasteiger partial charge is 0.481 e. The summed E-state index contributed by atoms with van der Waals surface area (Å²) in [5.41, 5.74) is 4.24. The lowest BCUT2D eigenvalue weighted by Gasteiger charge is -2.08. The highest BCUT2D eigenvalue weighted by molar-refractivity contribution is 5.93. The van der Waals surface area contributed by atoms with Crippen LogP contribution < -0.4 is 15.6 Å². The highest BCUT2D eigenvalue weighted by Gasteiger charge is 2.10. The number of benzene rings is 2. The number of carbonyl (C=O) groups excluding carboxylic acids is 2. The van der Waals surface area contributed by atoms with Crippen molar-refractivity contribution in [1.29, 1.82) is 0 Å². The predicted molar refractivity (Wildman–Crippen MR) is 90.3 cm³/mol. The lowest BCUT2D eigenvalue weighted by Crippen LogP contribution is -2.43. The molecule has 0 atom stereocenters. The van der Waals surface area contributed by atoms with Crippen molar-refractivity contribution in [3.05, 3.63) is 76.1 Å². The van der Waals surface area contributed by atoms with Crippen LogP contribution in [0.3, 0.4) is 0 Å². The van der Waals surface area contributed by atoms with Crippen molar-refractivity contribution in [2.45, 2.75) is 0 Å². The zero-order chi connectivity index (χ0) is 18.9. The molecule has 0 saturated carbocycles. The molecule has 0 bridgehead atoms. The topological polar surface area (TPSA) is 111 Å². The van der Waals surface area contributed by atoms with Gasteiger partial charge in [-0.1, -0.05) is 24.3 Å². The Balaban J connectivity index is 1.82. The van der Waals surface area contributed by atoms with Crippen LogP contribution in [0.15, 0.2) is 54.6 Å². The molecule has 0 aliphatic heterocycles. The molecule has 2 amide bonds. The van der Waals surface area contributed by atoms with Gasteiger partial charge in [-0.05, 0) is 24.3 Å². The molecule has 0 aliphatic rings. The lowest BCUT2D eigenvalue weighted by molar-refractivity contribution is -0.385. The standard InChI is InChI=1S/C17H14FN3O5/c18-13-6-2-4-8-15(13)26-11-17(23)20-19-16(22)10-9-12-5-1-3-7-14(12)21(24)25/h1-10H,11H2,(H,19,22)(H,20,23)/b10-9+. The van der Waals surface area contributed by atoms with Crippen LogP contribution in [0, 0.1) is 15.9 Å². The van der Waals surface area contributed by atoms with Gasteiger partial charge >= 0.3 is 0 Å². The second-order valence-corrected chi connectivity index (χ2v) is 4.91. The molecule has 2 N–H and O–H groups in total. The van der Waals surface area contributed by atoms with Crippen molar-refractivity contribution in [3.63, 3.8) is 0 Å². The maximum atomic E-state index is 13.3. The first kappa shape index (κ1) is 18.6.